The fourth-order valence-electron chi connectivity index (χ4n) is 1.34. The van der Waals surface area contributed by atoms with Crippen LogP contribution in [0.2, 0.25) is 0 Å². The molecule has 0 aliphatic rings. The summed E-state index contributed by atoms with van der Waals surface area (Å²) in [5.74, 6) is -0.580. The lowest BCUT2D eigenvalue weighted by Gasteiger charge is -2.04. The van der Waals surface area contributed by atoms with Gasteiger partial charge in [-0.15, -0.1) is 0 Å². The van der Waals surface area contributed by atoms with Crippen molar-refractivity contribution in [1.82, 2.24) is 9.38 Å². The van der Waals surface area contributed by atoms with E-state index in [0.29, 0.717) is 16.9 Å². The van der Waals surface area contributed by atoms with Crippen molar-refractivity contribution in [2.45, 2.75) is 13.8 Å². The van der Waals surface area contributed by atoms with E-state index in [1.165, 1.54) is 12.1 Å². The molecule has 0 aliphatic carbocycles. The van der Waals surface area contributed by atoms with Crippen LogP contribution in [0.4, 0.5) is 4.39 Å². The molecule has 2 aromatic rings. The van der Waals surface area contributed by atoms with Crippen LogP contribution in [0, 0.1) is 19.8 Å². The molecule has 3 nitrogen and oxygen atoms in total. The summed E-state index contributed by atoms with van der Waals surface area (Å²) in [7, 11) is 0. The SMILES string of the molecule is Cc1nc2cccc(F)n2c(=O)c1C. The monoisotopic (exact) mass is 192 g/mol. The van der Waals surface area contributed by atoms with Crippen LogP contribution in [0.25, 0.3) is 5.65 Å². The van der Waals surface area contributed by atoms with E-state index in [9.17, 15) is 9.18 Å². The molecule has 0 amide bonds. The van der Waals surface area contributed by atoms with Crippen molar-refractivity contribution in [3.63, 3.8) is 0 Å². The second-order valence-corrected chi connectivity index (χ2v) is 3.17. The molecule has 2 heterocycles. The van der Waals surface area contributed by atoms with Gasteiger partial charge in [-0.3, -0.25) is 4.79 Å². The first kappa shape index (κ1) is 8.87. The van der Waals surface area contributed by atoms with Crippen LogP contribution in [0.3, 0.4) is 0 Å². The highest BCUT2D eigenvalue weighted by atomic mass is 19.1. The van der Waals surface area contributed by atoms with Crippen LogP contribution in [0.1, 0.15) is 11.3 Å². The number of fused-ring (bicyclic) bond motifs is 1. The largest absolute Gasteiger partial charge is 0.268 e. The Morgan fingerprint density at radius 1 is 1.36 bits per heavy atom. The molecular formula is C10H9FN2O. The van der Waals surface area contributed by atoms with Crippen LogP contribution >= 0.6 is 0 Å². The summed E-state index contributed by atoms with van der Waals surface area (Å²) in [5, 5.41) is 0. The molecule has 0 spiro atoms. The Morgan fingerprint density at radius 3 is 2.79 bits per heavy atom. The van der Waals surface area contributed by atoms with E-state index in [0.717, 1.165) is 4.40 Å². The van der Waals surface area contributed by atoms with E-state index < -0.39 is 5.95 Å². The van der Waals surface area contributed by atoms with Gasteiger partial charge in [-0.05, 0) is 26.0 Å². The predicted molar refractivity (Wildman–Crippen MR) is 50.9 cm³/mol. The molecule has 0 atom stereocenters. The molecule has 0 aliphatic heterocycles. The zero-order valence-electron chi connectivity index (χ0n) is 7.91. The van der Waals surface area contributed by atoms with Gasteiger partial charge in [0.15, 0.2) is 0 Å². The molecule has 14 heavy (non-hydrogen) atoms. The summed E-state index contributed by atoms with van der Waals surface area (Å²) in [6.45, 7) is 3.38. The molecule has 0 saturated carbocycles. The first-order valence-electron chi connectivity index (χ1n) is 4.26. The Morgan fingerprint density at radius 2 is 2.07 bits per heavy atom. The van der Waals surface area contributed by atoms with Crippen molar-refractivity contribution in [2.75, 3.05) is 0 Å². The number of rotatable bonds is 0. The number of pyridine rings is 1. The molecule has 0 fully saturated rings. The minimum atomic E-state index is -0.580. The second-order valence-electron chi connectivity index (χ2n) is 3.17. The average Bonchev–Trinajstić information content (AvgIpc) is 2.14. The number of hydrogen-bond donors (Lipinski definition) is 0. The Balaban J connectivity index is 3.07. The third kappa shape index (κ3) is 1.11. The summed E-state index contributed by atoms with van der Waals surface area (Å²) in [4.78, 5) is 15.8. The fourth-order valence-corrected chi connectivity index (χ4v) is 1.34. The number of halogens is 1. The molecule has 0 radical (unpaired) electrons. The lowest BCUT2D eigenvalue weighted by molar-refractivity contribution is 0.558. The molecular weight excluding hydrogens is 183 g/mol. The van der Waals surface area contributed by atoms with Crippen LogP contribution < -0.4 is 5.56 Å². The van der Waals surface area contributed by atoms with Crippen LogP contribution in [-0.4, -0.2) is 9.38 Å². The lowest BCUT2D eigenvalue weighted by atomic mass is 10.2. The van der Waals surface area contributed by atoms with Crippen LogP contribution in [-0.2, 0) is 0 Å². The average molecular weight is 192 g/mol. The Hall–Kier alpha value is -1.71. The van der Waals surface area contributed by atoms with Gasteiger partial charge in [0.1, 0.15) is 5.65 Å². The van der Waals surface area contributed by atoms with Crippen LogP contribution in [0.5, 0.6) is 0 Å². The molecule has 4 heteroatoms. The molecule has 2 rings (SSSR count). The molecule has 0 bridgehead atoms. The summed E-state index contributed by atoms with van der Waals surface area (Å²) >= 11 is 0. The number of hydrogen-bond acceptors (Lipinski definition) is 2. The van der Waals surface area contributed by atoms with E-state index >= 15 is 0 Å². The Labute approximate surface area is 79.8 Å². The maximum atomic E-state index is 13.3. The fraction of sp³-hybridized carbons (Fsp3) is 0.200. The van der Waals surface area contributed by atoms with Crippen molar-refractivity contribution < 1.29 is 4.39 Å². The standard InChI is InChI=1S/C10H9FN2O/c1-6-7(2)12-9-5-3-4-8(11)13(9)10(6)14/h3-5H,1-2H3. The van der Waals surface area contributed by atoms with Gasteiger partial charge in [0.05, 0.1) is 0 Å². The highest BCUT2D eigenvalue weighted by Gasteiger charge is 2.07. The summed E-state index contributed by atoms with van der Waals surface area (Å²) in [6.07, 6.45) is 0. The Bertz CT molecular complexity index is 560. The topological polar surface area (TPSA) is 34.4 Å². The normalized spacial score (nSPS) is 10.8. The molecule has 2 aromatic heterocycles. The van der Waals surface area contributed by atoms with Gasteiger partial charge in [-0.25, -0.2) is 9.38 Å². The first-order chi connectivity index (χ1) is 6.61. The highest BCUT2D eigenvalue weighted by molar-refractivity contribution is 5.40. The number of aryl methyl sites for hydroxylation is 1. The van der Waals surface area contributed by atoms with E-state index in [-0.39, 0.29) is 5.56 Å². The van der Waals surface area contributed by atoms with Gasteiger partial charge in [-0.2, -0.15) is 4.39 Å². The zero-order valence-corrected chi connectivity index (χ0v) is 7.91. The number of nitrogens with zero attached hydrogens (tertiary/aromatic N) is 2. The van der Waals surface area contributed by atoms with Gasteiger partial charge in [-0.1, -0.05) is 6.07 Å². The van der Waals surface area contributed by atoms with E-state index in [2.05, 4.69) is 4.98 Å². The molecule has 0 N–H and O–H groups in total. The molecule has 0 saturated heterocycles. The predicted octanol–water partition coefficient (Wildman–Crippen LogP) is 1.45. The molecule has 72 valence electrons. The van der Waals surface area contributed by atoms with Gasteiger partial charge in [0.2, 0.25) is 5.95 Å². The van der Waals surface area contributed by atoms with Crippen molar-refractivity contribution in [3.8, 4) is 0 Å². The third-order valence-electron chi connectivity index (χ3n) is 2.27. The third-order valence-corrected chi connectivity index (χ3v) is 2.27. The van der Waals surface area contributed by atoms with Gasteiger partial charge in [0.25, 0.3) is 5.56 Å². The number of aromatic nitrogens is 2. The smallest absolute Gasteiger partial charge is 0.263 e. The maximum absolute atomic E-state index is 13.3. The van der Waals surface area contributed by atoms with Gasteiger partial charge in [0, 0.05) is 11.3 Å². The summed E-state index contributed by atoms with van der Waals surface area (Å²) < 4.78 is 14.3. The van der Waals surface area contributed by atoms with E-state index in [4.69, 9.17) is 0 Å². The molecule has 0 unspecified atom stereocenters. The second kappa shape index (κ2) is 2.90. The van der Waals surface area contributed by atoms with Crippen molar-refractivity contribution in [3.05, 3.63) is 45.8 Å². The van der Waals surface area contributed by atoms with E-state index in [1.807, 2.05) is 0 Å². The molecule has 0 aromatic carbocycles. The van der Waals surface area contributed by atoms with Crippen molar-refractivity contribution in [1.29, 1.82) is 0 Å². The van der Waals surface area contributed by atoms with Crippen molar-refractivity contribution in [2.24, 2.45) is 0 Å². The van der Waals surface area contributed by atoms with Crippen molar-refractivity contribution >= 4 is 5.65 Å². The van der Waals surface area contributed by atoms with Gasteiger partial charge < -0.3 is 0 Å². The summed E-state index contributed by atoms with van der Waals surface area (Å²) in [6, 6.07) is 4.38. The van der Waals surface area contributed by atoms with Gasteiger partial charge >= 0.3 is 0 Å². The first-order valence-corrected chi connectivity index (χ1v) is 4.26. The summed E-state index contributed by atoms with van der Waals surface area (Å²) in [5.41, 5.74) is 1.12. The lowest BCUT2D eigenvalue weighted by Crippen LogP contribution is -2.21. The quantitative estimate of drug-likeness (QED) is 0.592. The highest BCUT2D eigenvalue weighted by Crippen LogP contribution is 2.04. The van der Waals surface area contributed by atoms with Crippen LogP contribution in [0.15, 0.2) is 23.0 Å². The minimum absolute atomic E-state index is 0.342. The minimum Gasteiger partial charge on any atom is -0.268 e. The maximum Gasteiger partial charge on any atom is 0.263 e. The van der Waals surface area contributed by atoms with E-state index in [1.54, 1.807) is 19.9 Å². The zero-order chi connectivity index (χ0) is 10.3. The Kier molecular flexibility index (Phi) is 1.84.